The van der Waals surface area contributed by atoms with Crippen LogP contribution >= 0.6 is 0 Å². The van der Waals surface area contributed by atoms with E-state index in [1.165, 1.54) is 22.8 Å². The minimum absolute atomic E-state index is 0.435. The highest BCUT2D eigenvalue weighted by atomic mass is 14.9. The van der Waals surface area contributed by atoms with Gasteiger partial charge in [0.1, 0.15) is 0 Å². The van der Waals surface area contributed by atoms with Gasteiger partial charge in [0.05, 0.1) is 0 Å². The molecule has 1 atom stereocenters. The molecular weight excluding hydrogens is 220 g/mol. The Morgan fingerprint density at radius 2 is 1.78 bits per heavy atom. The second-order valence-electron chi connectivity index (χ2n) is 4.66. The summed E-state index contributed by atoms with van der Waals surface area (Å²) in [5.41, 5.74) is 1.41. The zero-order valence-corrected chi connectivity index (χ0v) is 11.2. The first-order valence-corrected chi connectivity index (χ1v) is 6.66. The Morgan fingerprint density at radius 3 is 2.56 bits per heavy atom. The lowest BCUT2D eigenvalue weighted by Crippen LogP contribution is -2.18. The molecule has 2 nitrogen and oxygen atoms in total. The molecule has 0 aromatic heterocycles. The van der Waals surface area contributed by atoms with Crippen molar-refractivity contribution in [2.75, 3.05) is 20.6 Å². The van der Waals surface area contributed by atoms with Crippen molar-refractivity contribution in [1.29, 1.82) is 0 Å². The molecule has 0 bridgehead atoms. The first-order valence-electron chi connectivity index (χ1n) is 6.66. The SMILES string of the molecule is CNCCCC(NC)c1cccc2ccccc12. The van der Waals surface area contributed by atoms with Crippen LogP contribution in [-0.2, 0) is 0 Å². The van der Waals surface area contributed by atoms with Gasteiger partial charge >= 0.3 is 0 Å². The molecule has 18 heavy (non-hydrogen) atoms. The van der Waals surface area contributed by atoms with E-state index in [-0.39, 0.29) is 0 Å². The number of benzene rings is 2. The van der Waals surface area contributed by atoms with Gasteiger partial charge in [-0.15, -0.1) is 0 Å². The van der Waals surface area contributed by atoms with Crippen molar-refractivity contribution >= 4 is 10.8 Å². The third-order valence-electron chi connectivity index (χ3n) is 3.47. The number of rotatable bonds is 6. The average molecular weight is 242 g/mol. The van der Waals surface area contributed by atoms with Gasteiger partial charge in [-0.1, -0.05) is 42.5 Å². The van der Waals surface area contributed by atoms with E-state index in [2.05, 4.69) is 53.1 Å². The lowest BCUT2D eigenvalue weighted by Gasteiger charge is -2.18. The summed E-state index contributed by atoms with van der Waals surface area (Å²) in [5, 5.41) is 9.34. The van der Waals surface area contributed by atoms with Crippen LogP contribution in [-0.4, -0.2) is 20.6 Å². The molecule has 0 amide bonds. The van der Waals surface area contributed by atoms with E-state index in [0.29, 0.717) is 6.04 Å². The molecule has 2 N–H and O–H groups in total. The molecule has 2 aromatic carbocycles. The second-order valence-corrected chi connectivity index (χ2v) is 4.66. The van der Waals surface area contributed by atoms with Crippen LogP contribution in [0.5, 0.6) is 0 Å². The molecule has 0 aliphatic rings. The highest BCUT2D eigenvalue weighted by Gasteiger charge is 2.11. The summed E-state index contributed by atoms with van der Waals surface area (Å²) < 4.78 is 0. The Kier molecular flexibility index (Phi) is 4.73. The van der Waals surface area contributed by atoms with Crippen molar-refractivity contribution in [3.05, 3.63) is 48.0 Å². The maximum Gasteiger partial charge on any atom is 0.0324 e. The zero-order valence-electron chi connectivity index (χ0n) is 11.2. The van der Waals surface area contributed by atoms with Crippen molar-refractivity contribution < 1.29 is 0 Å². The van der Waals surface area contributed by atoms with E-state index in [4.69, 9.17) is 0 Å². The van der Waals surface area contributed by atoms with Gasteiger partial charge in [0.25, 0.3) is 0 Å². The number of fused-ring (bicyclic) bond motifs is 1. The molecular formula is C16H22N2. The molecule has 2 rings (SSSR count). The van der Waals surface area contributed by atoms with E-state index in [1.54, 1.807) is 0 Å². The van der Waals surface area contributed by atoms with Crippen molar-refractivity contribution in [1.82, 2.24) is 10.6 Å². The van der Waals surface area contributed by atoms with E-state index in [1.807, 2.05) is 14.1 Å². The number of hydrogen-bond acceptors (Lipinski definition) is 2. The van der Waals surface area contributed by atoms with Gasteiger partial charge in [-0.2, -0.15) is 0 Å². The number of nitrogens with one attached hydrogen (secondary N) is 2. The minimum atomic E-state index is 0.435. The summed E-state index contributed by atoms with van der Waals surface area (Å²) in [6.45, 7) is 1.07. The third kappa shape index (κ3) is 2.89. The van der Waals surface area contributed by atoms with Gasteiger partial charge < -0.3 is 10.6 Å². The van der Waals surface area contributed by atoms with E-state index >= 15 is 0 Å². The molecule has 1 unspecified atom stereocenters. The fourth-order valence-corrected chi connectivity index (χ4v) is 2.49. The quantitative estimate of drug-likeness (QED) is 0.761. The van der Waals surface area contributed by atoms with Crippen LogP contribution < -0.4 is 10.6 Å². The molecule has 2 heteroatoms. The predicted molar refractivity (Wildman–Crippen MR) is 78.9 cm³/mol. The largest absolute Gasteiger partial charge is 0.320 e. The molecule has 0 heterocycles. The van der Waals surface area contributed by atoms with Crippen LogP contribution in [0.4, 0.5) is 0 Å². The molecule has 0 radical (unpaired) electrons. The van der Waals surface area contributed by atoms with E-state index in [0.717, 1.165) is 13.0 Å². The van der Waals surface area contributed by atoms with Gasteiger partial charge in [0.15, 0.2) is 0 Å². The zero-order chi connectivity index (χ0) is 12.8. The molecule has 96 valence electrons. The Labute approximate surface area is 109 Å². The van der Waals surface area contributed by atoms with Crippen LogP contribution in [0.1, 0.15) is 24.4 Å². The molecule has 0 fully saturated rings. The van der Waals surface area contributed by atoms with E-state index in [9.17, 15) is 0 Å². The average Bonchev–Trinajstić information content (AvgIpc) is 2.43. The molecule has 0 saturated heterocycles. The summed E-state index contributed by atoms with van der Waals surface area (Å²) in [6.07, 6.45) is 2.34. The Balaban J connectivity index is 2.27. The molecule has 0 aliphatic heterocycles. The fraction of sp³-hybridized carbons (Fsp3) is 0.375. The monoisotopic (exact) mass is 242 g/mol. The summed E-state index contributed by atoms with van der Waals surface area (Å²) >= 11 is 0. The Hall–Kier alpha value is -1.38. The van der Waals surface area contributed by atoms with Gasteiger partial charge in [0, 0.05) is 6.04 Å². The summed E-state index contributed by atoms with van der Waals surface area (Å²) in [4.78, 5) is 0. The summed E-state index contributed by atoms with van der Waals surface area (Å²) in [5.74, 6) is 0. The van der Waals surface area contributed by atoms with Crippen LogP contribution in [0.3, 0.4) is 0 Å². The maximum atomic E-state index is 3.44. The normalized spacial score (nSPS) is 12.8. The van der Waals surface area contributed by atoms with Crippen molar-refractivity contribution in [2.45, 2.75) is 18.9 Å². The first-order chi connectivity index (χ1) is 8.86. The second kappa shape index (κ2) is 6.53. The molecule has 0 spiro atoms. The Bertz CT molecular complexity index is 488. The van der Waals surface area contributed by atoms with Crippen LogP contribution in [0.25, 0.3) is 10.8 Å². The van der Waals surface area contributed by atoms with Gasteiger partial charge in [-0.25, -0.2) is 0 Å². The van der Waals surface area contributed by atoms with Gasteiger partial charge in [0.2, 0.25) is 0 Å². The van der Waals surface area contributed by atoms with Crippen LogP contribution in [0, 0.1) is 0 Å². The third-order valence-corrected chi connectivity index (χ3v) is 3.47. The topological polar surface area (TPSA) is 24.1 Å². The van der Waals surface area contributed by atoms with Crippen LogP contribution in [0.15, 0.2) is 42.5 Å². The van der Waals surface area contributed by atoms with Crippen LogP contribution in [0.2, 0.25) is 0 Å². The van der Waals surface area contributed by atoms with Crippen molar-refractivity contribution in [3.63, 3.8) is 0 Å². The summed E-state index contributed by atoms with van der Waals surface area (Å²) in [7, 11) is 4.05. The van der Waals surface area contributed by atoms with Gasteiger partial charge in [-0.05, 0) is 49.8 Å². The van der Waals surface area contributed by atoms with Crippen molar-refractivity contribution in [2.24, 2.45) is 0 Å². The lowest BCUT2D eigenvalue weighted by molar-refractivity contribution is 0.521. The minimum Gasteiger partial charge on any atom is -0.320 e. The highest BCUT2D eigenvalue weighted by molar-refractivity contribution is 5.86. The van der Waals surface area contributed by atoms with Crippen molar-refractivity contribution in [3.8, 4) is 0 Å². The molecule has 2 aromatic rings. The first kappa shape index (κ1) is 13.1. The lowest BCUT2D eigenvalue weighted by atomic mass is 9.96. The van der Waals surface area contributed by atoms with E-state index < -0.39 is 0 Å². The smallest absolute Gasteiger partial charge is 0.0324 e. The highest BCUT2D eigenvalue weighted by Crippen LogP contribution is 2.26. The molecule has 0 aliphatic carbocycles. The van der Waals surface area contributed by atoms with Gasteiger partial charge in [-0.3, -0.25) is 0 Å². The summed E-state index contributed by atoms with van der Waals surface area (Å²) in [6, 6.07) is 15.6. The number of hydrogen-bond donors (Lipinski definition) is 2. The predicted octanol–water partition coefficient (Wildman–Crippen LogP) is 3.10. The maximum absolute atomic E-state index is 3.44. The standard InChI is InChI=1S/C16H22N2/c1-17-12-6-11-16(18-2)15-10-5-8-13-7-3-4-9-14(13)15/h3-5,7-10,16-18H,6,11-12H2,1-2H3. The fourth-order valence-electron chi connectivity index (χ4n) is 2.49. The molecule has 0 saturated carbocycles. The Morgan fingerprint density at radius 1 is 1.00 bits per heavy atom.